The van der Waals surface area contributed by atoms with Crippen molar-refractivity contribution >= 4 is 5.97 Å². The molecule has 4 fully saturated rings. The number of carboxylic acid groups (broad SMARTS) is 1. The Bertz CT molecular complexity index is 684. The van der Waals surface area contributed by atoms with Gasteiger partial charge in [0.2, 0.25) is 0 Å². The van der Waals surface area contributed by atoms with Gasteiger partial charge < -0.3 is 15.3 Å². The molecule has 0 spiro atoms. The van der Waals surface area contributed by atoms with E-state index in [1.165, 1.54) is 0 Å². The first kappa shape index (κ1) is 23.5. The zero-order valence-electron chi connectivity index (χ0n) is 19.8. The van der Waals surface area contributed by atoms with Crippen LogP contribution in [0, 0.1) is 52.3 Å². The number of hydrogen-bond donors (Lipinski definition) is 3. The fourth-order valence-electron chi connectivity index (χ4n) is 9.52. The van der Waals surface area contributed by atoms with Crippen molar-refractivity contribution < 1.29 is 24.5 Å². The first-order valence-corrected chi connectivity index (χ1v) is 12.8. The van der Waals surface area contributed by atoms with Crippen LogP contribution in [-0.2, 0) is 4.79 Å². The van der Waals surface area contributed by atoms with Crippen molar-refractivity contribution in [2.24, 2.45) is 52.3 Å². The van der Waals surface area contributed by atoms with E-state index in [1.807, 2.05) is 6.92 Å². The number of fused-ring (bicyclic) bond motifs is 5. The number of aliphatic hydroxyl groups excluding tert-OH is 2. The zero-order chi connectivity index (χ0) is 22.7. The molecule has 0 aliphatic heterocycles. The average Bonchev–Trinajstić information content (AvgIpc) is 3.06. The third kappa shape index (κ3) is 3.57. The van der Waals surface area contributed by atoms with Crippen LogP contribution in [0.15, 0.2) is 0 Å². The fraction of sp³-hybridized carbons (Fsp3) is 0.962. The van der Waals surface area contributed by atoms with Gasteiger partial charge in [0.15, 0.2) is 6.17 Å². The molecule has 0 amide bonds. The van der Waals surface area contributed by atoms with Gasteiger partial charge in [-0.05, 0) is 104 Å². The lowest BCUT2D eigenvalue weighted by atomic mass is 9.41. The van der Waals surface area contributed by atoms with Gasteiger partial charge in [0, 0.05) is 0 Å². The third-order valence-electron chi connectivity index (χ3n) is 11.0. The zero-order valence-corrected chi connectivity index (χ0v) is 19.8. The predicted octanol–water partition coefficient (Wildman–Crippen LogP) is 5.06. The van der Waals surface area contributed by atoms with Crippen molar-refractivity contribution in [2.75, 3.05) is 0 Å². The van der Waals surface area contributed by atoms with E-state index < -0.39 is 12.1 Å². The second-order valence-corrected chi connectivity index (χ2v) is 12.1. The Morgan fingerprint density at radius 3 is 2.32 bits per heavy atom. The highest BCUT2D eigenvalue weighted by Gasteiger charge is 2.64. The van der Waals surface area contributed by atoms with Crippen molar-refractivity contribution in [2.45, 2.75) is 104 Å². The van der Waals surface area contributed by atoms with Crippen LogP contribution in [-0.4, -0.2) is 39.7 Å². The maximum absolute atomic E-state index is 14.0. The molecule has 0 saturated heterocycles. The summed E-state index contributed by atoms with van der Waals surface area (Å²) in [6.07, 6.45) is 5.70. The van der Waals surface area contributed by atoms with E-state index in [1.54, 1.807) is 0 Å². The molecule has 0 radical (unpaired) electrons. The molecule has 3 unspecified atom stereocenters. The smallest absolute Gasteiger partial charge is 0.338 e. The Balaban J connectivity index is 1.61. The van der Waals surface area contributed by atoms with Gasteiger partial charge in [-0.25, -0.2) is 9.18 Å². The molecule has 4 aliphatic carbocycles. The maximum atomic E-state index is 14.0. The van der Waals surface area contributed by atoms with Gasteiger partial charge in [-0.15, -0.1) is 0 Å². The van der Waals surface area contributed by atoms with Gasteiger partial charge in [-0.3, -0.25) is 0 Å². The van der Waals surface area contributed by atoms with Gasteiger partial charge in [0.1, 0.15) is 0 Å². The van der Waals surface area contributed by atoms with Crippen LogP contribution in [0.25, 0.3) is 0 Å². The summed E-state index contributed by atoms with van der Waals surface area (Å²) in [6.45, 7) is 9.01. The number of carboxylic acids is 1. The Kier molecular flexibility index (Phi) is 6.26. The fourth-order valence-corrected chi connectivity index (χ4v) is 9.52. The summed E-state index contributed by atoms with van der Waals surface area (Å²) < 4.78 is 14.0. The topological polar surface area (TPSA) is 77.8 Å². The van der Waals surface area contributed by atoms with Crippen LogP contribution >= 0.6 is 0 Å². The summed E-state index contributed by atoms with van der Waals surface area (Å²) in [4.78, 5) is 11.1. The van der Waals surface area contributed by atoms with Crippen molar-refractivity contribution in [3.8, 4) is 0 Å². The number of rotatable bonds is 5. The molecule has 4 nitrogen and oxygen atoms in total. The Labute approximate surface area is 187 Å². The lowest BCUT2D eigenvalue weighted by molar-refractivity contribution is -0.203. The standard InChI is InChI=1S/C26H43FO4/c1-5-16-20-13-15(28)8-10-26(20,4)19-9-11-25(3)17(14(2)12-21(27)24(30)31)6-7-18(25)22(19)23(16)29/h14-23,28-29H,5-13H2,1-4H3,(H,30,31)/t14-,15-,16-,17-,18?,19?,20+,21+,22?,23-,25-,26-/m1/s1. The van der Waals surface area contributed by atoms with Gasteiger partial charge >= 0.3 is 5.97 Å². The second kappa shape index (κ2) is 8.27. The minimum absolute atomic E-state index is 0.0357. The van der Waals surface area contributed by atoms with Gasteiger partial charge in [0.25, 0.3) is 0 Å². The molecule has 3 N–H and O–H groups in total. The highest BCUT2D eigenvalue weighted by molar-refractivity contribution is 5.72. The van der Waals surface area contributed by atoms with Crippen molar-refractivity contribution in [3.05, 3.63) is 0 Å². The summed E-state index contributed by atoms with van der Waals surface area (Å²) in [6, 6.07) is 0. The summed E-state index contributed by atoms with van der Waals surface area (Å²) in [5.41, 5.74) is 0.234. The molecular weight excluding hydrogens is 395 g/mol. The average molecular weight is 439 g/mol. The molecule has 0 bridgehead atoms. The third-order valence-corrected chi connectivity index (χ3v) is 11.0. The molecule has 0 aromatic rings. The molecule has 4 saturated carbocycles. The molecule has 0 aromatic carbocycles. The number of aliphatic hydroxyl groups is 2. The number of hydrogen-bond acceptors (Lipinski definition) is 3. The number of aliphatic carboxylic acids is 1. The van der Waals surface area contributed by atoms with E-state index >= 15 is 0 Å². The lowest BCUT2D eigenvalue weighted by Crippen LogP contribution is -2.62. The SMILES string of the molecule is CC[C@H]1[C@@H](O)C2C3CC[C@H]([C@H](C)C[C@H](F)C(=O)O)[C@@]3(C)CCC2[C@@]2(C)CC[C@@H](O)C[C@@H]12. The molecule has 12 atom stereocenters. The summed E-state index contributed by atoms with van der Waals surface area (Å²) in [7, 11) is 0. The summed E-state index contributed by atoms with van der Waals surface area (Å²) in [5.74, 6) is 0.831. The summed E-state index contributed by atoms with van der Waals surface area (Å²) in [5, 5.41) is 31.1. The first-order chi connectivity index (χ1) is 14.5. The van der Waals surface area contributed by atoms with Crippen LogP contribution in [0.2, 0.25) is 0 Å². The van der Waals surface area contributed by atoms with Crippen molar-refractivity contribution in [1.29, 1.82) is 0 Å². The highest BCUT2D eigenvalue weighted by Crippen LogP contribution is 2.69. The Morgan fingerprint density at radius 2 is 1.68 bits per heavy atom. The molecule has 0 aromatic heterocycles. The van der Waals surface area contributed by atoms with Crippen LogP contribution in [0.4, 0.5) is 4.39 Å². The monoisotopic (exact) mass is 438 g/mol. The number of carbonyl (C=O) groups is 1. The number of alkyl halides is 1. The molecule has 4 aliphatic rings. The van der Waals surface area contributed by atoms with Crippen LogP contribution in [0.3, 0.4) is 0 Å². The van der Waals surface area contributed by atoms with E-state index in [0.717, 1.165) is 51.4 Å². The second-order valence-electron chi connectivity index (χ2n) is 12.1. The molecule has 4 rings (SSSR count). The highest BCUT2D eigenvalue weighted by atomic mass is 19.1. The molecule has 31 heavy (non-hydrogen) atoms. The number of halogens is 1. The van der Waals surface area contributed by atoms with E-state index in [-0.39, 0.29) is 47.2 Å². The minimum atomic E-state index is -1.79. The van der Waals surface area contributed by atoms with E-state index in [4.69, 9.17) is 5.11 Å². The van der Waals surface area contributed by atoms with E-state index in [2.05, 4.69) is 20.8 Å². The van der Waals surface area contributed by atoms with Crippen LogP contribution in [0.1, 0.15) is 85.5 Å². The van der Waals surface area contributed by atoms with Crippen molar-refractivity contribution in [3.63, 3.8) is 0 Å². The van der Waals surface area contributed by atoms with Gasteiger partial charge in [0.05, 0.1) is 12.2 Å². The van der Waals surface area contributed by atoms with Crippen molar-refractivity contribution in [1.82, 2.24) is 0 Å². The quantitative estimate of drug-likeness (QED) is 0.560. The van der Waals surface area contributed by atoms with Crippen LogP contribution < -0.4 is 0 Å². The van der Waals surface area contributed by atoms with Gasteiger partial charge in [-0.2, -0.15) is 0 Å². The van der Waals surface area contributed by atoms with E-state index in [0.29, 0.717) is 23.7 Å². The summed E-state index contributed by atoms with van der Waals surface area (Å²) >= 11 is 0. The van der Waals surface area contributed by atoms with Crippen LogP contribution in [0.5, 0.6) is 0 Å². The molecular formula is C26H43FO4. The molecule has 178 valence electrons. The lowest BCUT2D eigenvalue weighted by Gasteiger charge is -2.64. The largest absolute Gasteiger partial charge is 0.479 e. The molecule has 0 heterocycles. The minimum Gasteiger partial charge on any atom is -0.479 e. The predicted molar refractivity (Wildman–Crippen MR) is 118 cm³/mol. The Hall–Kier alpha value is -0.680. The van der Waals surface area contributed by atoms with E-state index in [9.17, 15) is 19.4 Å². The normalized spacial score (nSPS) is 51.3. The Morgan fingerprint density at radius 1 is 1.03 bits per heavy atom. The molecule has 5 heteroatoms. The first-order valence-electron chi connectivity index (χ1n) is 12.8. The van der Waals surface area contributed by atoms with Gasteiger partial charge in [-0.1, -0.05) is 34.1 Å². The maximum Gasteiger partial charge on any atom is 0.338 e.